The molecule has 124 valence electrons. The highest BCUT2D eigenvalue weighted by molar-refractivity contribution is 6.31. The summed E-state index contributed by atoms with van der Waals surface area (Å²) in [4.78, 5) is 13.8. The molecule has 7 heteroatoms. The van der Waals surface area contributed by atoms with Gasteiger partial charge in [0, 0.05) is 17.1 Å². The number of amides is 1. The van der Waals surface area contributed by atoms with Gasteiger partial charge in [-0.3, -0.25) is 4.79 Å². The predicted molar refractivity (Wildman–Crippen MR) is 92.4 cm³/mol. The van der Waals surface area contributed by atoms with Gasteiger partial charge in [0.25, 0.3) is 0 Å². The van der Waals surface area contributed by atoms with Gasteiger partial charge >= 0.3 is 0 Å². The third-order valence-electron chi connectivity index (χ3n) is 3.87. The molecule has 1 aromatic heterocycles. The highest BCUT2D eigenvalue weighted by atomic mass is 35.5. The number of aromatic nitrogens is 2. The van der Waals surface area contributed by atoms with Gasteiger partial charge in [-0.15, -0.1) is 10.2 Å². The van der Waals surface area contributed by atoms with Crippen molar-refractivity contribution in [2.45, 2.75) is 6.04 Å². The van der Waals surface area contributed by atoms with Gasteiger partial charge in [0.1, 0.15) is 5.82 Å². The van der Waals surface area contributed by atoms with Crippen LogP contribution in [0, 0.1) is 0 Å². The van der Waals surface area contributed by atoms with E-state index in [0.29, 0.717) is 36.3 Å². The number of anilines is 1. The quantitative estimate of drug-likeness (QED) is 0.865. The minimum Gasteiger partial charge on any atom is -0.382 e. The van der Waals surface area contributed by atoms with Gasteiger partial charge in [-0.2, -0.15) is 0 Å². The summed E-state index contributed by atoms with van der Waals surface area (Å²) < 4.78 is 5.55. The maximum atomic E-state index is 12.1. The largest absolute Gasteiger partial charge is 0.382 e. The zero-order valence-electron chi connectivity index (χ0n) is 13.0. The minimum absolute atomic E-state index is 0.128. The van der Waals surface area contributed by atoms with Crippen molar-refractivity contribution in [2.24, 2.45) is 0 Å². The van der Waals surface area contributed by atoms with Crippen LogP contribution in [-0.4, -0.2) is 40.8 Å². The molecule has 3 rings (SSSR count). The SMILES string of the molecule is C=CC(=O)N1CCOC[C@H]1c1cc(Cl)cc(-c2ccc(N)nn2)c1. The number of carbonyl (C=O) groups excluding carboxylic acids is 1. The van der Waals surface area contributed by atoms with E-state index in [-0.39, 0.29) is 11.9 Å². The van der Waals surface area contributed by atoms with Crippen molar-refractivity contribution in [2.75, 3.05) is 25.5 Å². The first-order valence-electron chi connectivity index (χ1n) is 7.49. The Morgan fingerprint density at radius 3 is 2.92 bits per heavy atom. The molecule has 24 heavy (non-hydrogen) atoms. The van der Waals surface area contributed by atoms with Crippen LogP contribution in [0.5, 0.6) is 0 Å². The van der Waals surface area contributed by atoms with E-state index in [9.17, 15) is 4.79 Å². The van der Waals surface area contributed by atoms with Crippen molar-refractivity contribution in [1.82, 2.24) is 15.1 Å². The first-order valence-corrected chi connectivity index (χ1v) is 7.87. The normalized spacial score (nSPS) is 17.5. The highest BCUT2D eigenvalue weighted by Gasteiger charge is 2.27. The maximum Gasteiger partial charge on any atom is 0.246 e. The maximum absolute atomic E-state index is 12.1. The summed E-state index contributed by atoms with van der Waals surface area (Å²) in [5.74, 6) is 0.224. The molecular formula is C17H17ClN4O2. The zero-order chi connectivity index (χ0) is 17.1. The number of hydrogen-bond acceptors (Lipinski definition) is 5. The number of nitrogen functional groups attached to an aromatic ring is 1. The number of halogens is 1. The number of ether oxygens (including phenoxy) is 1. The van der Waals surface area contributed by atoms with E-state index in [1.807, 2.05) is 12.1 Å². The third kappa shape index (κ3) is 3.39. The zero-order valence-corrected chi connectivity index (χ0v) is 13.7. The number of morpholine rings is 1. The van der Waals surface area contributed by atoms with Gasteiger partial charge < -0.3 is 15.4 Å². The molecule has 6 nitrogen and oxygen atoms in total. The van der Waals surface area contributed by atoms with Crippen molar-refractivity contribution in [1.29, 1.82) is 0 Å². The Bertz CT molecular complexity index is 764. The molecule has 1 aliphatic rings. The van der Waals surface area contributed by atoms with E-state index in [2.05, 4.69) is 16.8 Å². The number of nitrogens with zero attached hydrogens (tertiary/aromatic N) is 3. The Hall–Kier alpha value is -2.44. The van der Waals surface area contributed by atoms with Crippen LogP contribution in [0.1, 0.15) is 11.6 Å². The molecule has 2 aromatic rings. The lowest BCUT2D eigenvalue weighted by Gasteiger charge is -2.35. The monoisotopic (exact) mass is 344 g/mol. The van der Waals surface area contributed by atoms with Gasteiger partial charge in [-0.25, -0.2) is 0 Å². The fourth-order valence-corrected chi connectivity index (χ4v) is 2.95. The van der Waals surface area contributed by atoms with E-state index >= 15 is 0 Å². The van der Waals surface area contributed by atoms with Crippen LogP contribution < -0.4 is 5.73 Å². The van der Waals surface area contributed by atoms with Crippen molar-refractivity contribution >= 4 is 23.3 Å². The van der Waals surface area contributed by atoms with Gasteiger partial charge in [0.2, 0.25) is 5.91 Å². The summed E-state index contributed by atoms with van der Waals surface area (Å²) in [6.45, 7) is 5.00. The van der Waals surface area contributed by atoms with Crippen molar-refractivity contribution in [3.8, 4) is 11.3 Å². The molecule has 2 N–H and O–H groups in total. The van der Waals surface area contributed by atoms with E-state index in [4.69, 9.17) is 22.1 Å². The molecule has 0 unspecified atom stereocenters. The summed E-state index contributed by atoms with van der Waals surface area (Å²) in [6.07, 6.45) is 1.31. The molecule has 1 saturated heterocycles. The average Bonchev–Trinajstić information content (AvgIpc) is 2.61. The summed E-state index contributed by atoms with van der Waals surface area (Å²) in [5, 5.41) is 8.50. The fourth-order valence-electron chi connectivity index (χ4n) is 2.71. The highest BCUT2D eigenvalue weighted by Crippen LogP contribution is 2.31. The second-order valence-corrected chi connectivity index (χ2v) is 5.88. The van der Waals surface area contributed by atoms with Crippen molar-refractivity contribution in [3.63, 3.8) is 0 Å². The third-order valence-corrected chi connectivity index (χ3v) is 4.09. The standard InChI is InChI=1S/C17H17ClN4O2/c1-2-17(23)22-5-6-24-10-15(22)12-7-11(8-13(18)9-12)14-3-4-16(19)21-20-14/h2-4,7-9,15H,1,5-6,10H2,(H2,19,21)/t15-/m0/s1. The van der Waals surface area contributed by atoms with Crippen LogP contribution in [0.15, 0.2) is 43.0 Å². The number of benzene rings is 1. The lowest BCUT2D eigenvalue weighted by Crippen LogP contribution is -2.42. The van der Waals surface area contributed by atoms with E-state index in [1.165, 1.54) is 6.08 Å². The van der Waals surface area contributed by atoms with Crippen molar-refractivity contribution < 1.29 is 9.53 Å². The van der Waals surface area contributed by atoms with Crippen LogP contribution in [-0.2, 0) is 9.53 Å². The smallest absolute Gasteiger partial charge is 0.246 e. The summed E-state index contributed by atoms with van der Waals surface area (Å²) >= 11 is 6.27. The Morgan fingerprint density at radius 2 is 2.21 bits per heavy atom. The molecule has 0 aliphatic carbocycles. The fraction of sp³-hybridized carbons (Fsp3) is 0.235. The van der Waals surface area contributed by atoms with E-state index < -0.39 is 0 Å². The molecule has 2 heterocycles. The lowest BCUT2D eigenvalue weighted by atomic mass is 10.0. The molecule has 0 radical (unpaired) electrons. The molecule has 0 bridgehead atoms. The topological polar surface area (TPSA) is 81.3 Å². The molecule has 1 fully saturated rings. The minimum atomic E-state index is -0.219. The molecule has 1 amide bonds. The summed E-state index contributed by atoms with van der Waals surface area (Å²) in [5.41, 5.74) is 7.92. The van der Waals surface area contributed by atoms with Crippen LogP contribution in [0.3, 0.4) is 0 Å². The van der Waals surface area contributed by atoms with Gasteiger partial charge in [0.15, 0.2) is 0 Å². The van der Waals surface area contributed by atoms with Crippen LogP contribution >= 0.6 is 11.6 Å². The van der Waals surface area contributed by atoms with Gasteiger partial charge in [-0.05, 0) is 42.0 Å². The number of rotatable bonds is 3. The van der Waals surface area contributed by atoms with Gasteiger partial charge in [-0.1, -0.05) is 18.2 Å². The Kier molecular flexibility index (Phi) is 4.78. The predicted octanol–water partition coefficient (Wildman–Crippen LogP) is 2.47. The van der Waals surface area contributed by atoms with Gasteiger partial charge in [0.05, 0.1) is 24.9 Å². The van der Waals surface area contributed by atoms with Crippen molar-refractivity contribution in [3.05, 3.63) is 53.6 Å². The molecule has 0 spiro atoms. The molecule has 1 aromatic carbocycles. The van der Waals surface area contributed by atoms with Crippen LogP contribution in [0.2, 0.25) is 5.02 Å². The second-order valence-electron chi connectivity index (χ2n) is 5.44. The van der Waals surface area contributed by atoms with E-state index in [0.717, 1.165) is 11.1 Å². The molecule has 1 aliphatic heterocycles. The average molecular weight is 345 g/mol. The Labute approximate surface area is 144 Å². The number of carbonyl (C=O) groups is 1. The molecule has 0 saturated carbocycles. The Morgan fingerprint density at radius 1 is 1.38 bits per heavy atom. The first-order chi connectivity index (χ1) is 11.6. The lowest BCUT2D eigenvalue weighted by molar-refractivity contribution is -0.134. The molecular weight excluding hydrogens is 328 g/mol. The molecule has 1 atom stereocenters. The van der Waals surface area contributed by atoms with E-state index in [1.54, 1.807) is 23.1 Å². The summed E-state index contributed by atoms with van der Waals surface area (Å²) in [7, 11) is 0. The van der Waals surface area contributed by atoms with Crippen LogP contribution in [0.25, 0.3) is 11.3 Å². The number of nitrogens with two attached hydrogens (primary N) is 1. The summed E-state index contributed by atoms with van der Waals surface area (Å²) in [6, 6.07) is 8.81. The Balaban J connectivity index is 1.99. The van der Waals surface area contributed by atoms with Crippen LogP contribution in [0.4, 0.5) is 5.82 Å². The first kappa shape index (κ1) is 16.4. The second kappa shape index (κ2) is 6.98. The number of hydrogen-bond donors (Lipinski definition) is 1.